The molecule has 4 nitrogen and oxygen atoms in total. The standard InChI is InChI=1S/C19H18N4/c1-2-3-7-15-10-17(14-8-5-4-6-9-14)19(12-21,13-22)18(23)16(15)11-20/h4-9,16-17,23H,2-3,10H2,1H3/b15-7+,23-18?/t16?,17-/m0/s1. The summed E-state index contributed by atoms with van der Waals surface area (Å²) >= 11 is 0. The third-order valence-corrected chi connectivity index (χ3v) is 4.43. The van der Waals surface area contributed by atoms with E-state index in [0.717, 1.165) is 24.0 Å². The summed E-state index contributed by atoms with van der Waals surface area (Å²) in [6.07, 6.45) is 4.24. The van der Waals surface area contributed by atoms with E-state index in [2.05, 4.69) is 13.0 Å². The minimum absolute atomic E-state index is 0.0903. The van der Waals surface area contributed by atoms with E-state index in [9.17, 15) is 15.8 Å². The molecule has 1 aliphatic carbocycles. The zero-order valence-corrected chi connectivity index (χ0v) is 13.1. The monoisotopic (exact) mass is 302 g/mol. The highest BCUT2D eigenvalue weighted by molar-refractivity contribution is 6.00. The largest absolute Gasteiger partial charge is 0.305 e. The normalized spacial score (nSPS) is 24.4. The molecular weight excluding hydrogens is 284 g/mol. The molecule has 1 aromatic carbocycles. The van der Waals surface area contributed by atoms with Gasteiger partial charge < -0.3 is 5.41 Å². The van der Waals surface area contributed by atoms with Gasteiger partial charge in [-0.1, -0.05) is 55.3 Å². The van der Waals surface area contributed by atoms with E-state index >= 15 is 0 Å². The SMILES string of the molecule is CCC/C=C1\C[C@@H](c2ccccc2)C(C#N)(C#N)C(=N)C1C#N. The second kappa shape index (κ2) is 6.91. The topological polar surface area (TPSA) is 95.2 Å². The minimum atomic E-state index is -1.58. The molecule has 1 aromatic rings. The van der Waals surface area contributed by atoms with Crippen LogP contribution in [0.3, 0.4) is 0 Å². The van der Waals surface area contributed by atoms with Crippen LogP contribution in [0.25, 0.3) is 0 Å². The summed E-state index contributed by atoms with van der Waals surface area (Å²) in [5.74, 6) is -1.19. The van der Waals surface area contributed by atoms with Crippen LogP contribution in [0.4, 0.5) is 0 Å². The molecule has 114 valence electrons. The first kappa shape index (κ1) is 16.5. The molecule has 0 radical (unpaired) electrons. The van der Waals surface area contributed by atoms with Gasteiger partial charge in [-0.25, -0.2) is 0 Å². The van der Waals surface area contributed by atoms with Crippen molar-refractivity contribution in [2.45, 2.75) is 32.1 Å². The fraction of sp³-hybridized carbons (Fsp3) is 0.368. The van der Waals surface area contributed by atoms with Crippen molar-refractivity contribution in [1.29, 1.82) is 21.2 Å². The van der Waals surface area contributed by atoms with Gasteiger partial charge in [-0.2, -0.15) is 15.8 Å². The van der Waals surface area contributed by atoms with E-state index in [4.69, 9.17) is 5.41 Å². The fourth-order valence-corrected chi connectivity index (χ4v) is 3.14. The van der Waals surface area contributed by atoms with Crippen LogP contribution in [0.1, 0.15) is 37.7 Å². The number of rotatable bonds is 3. The summed E-state index contributed by atoms with van der Waals surface area (Å²) in [6, 6.07) is 15.6. The van der Waals surface area contributed by atoms with E-state index < -0.39 is 17.3 Å². The summed E-state index contributed by atoms with van der Waals surface area (Å²) in [6.45, 7) is 2.05. The smallest absolute Gasteiger partial charge is 0.189 e. The number of benzene rings is 1. The molecule has 1 N–H and O–H groups in total. The van der Waals surface area contributed by atoms with Crippen LogP contribution >= 0.6 is 0 Å². The highest BCUT2D eigenvalue weighted by atomic mass is 14.6. The van der Waals surface area contributed by atoms with Gasteiger partial charge in [-0.05, 0) is 18.4 Å². The van der Waals surface area contributed by atoms with Gasteiger partial charge in [0.15, 0.2) is 5.41 Å². The number of nitrogens with one attached hydrogen (secondary N) is 1. The highest BCUT2D eigenvalue weighted by Crippen LogP contribution is 2.48. The summed E-state index contributed by atoms with van der Waals surface area (Å²) in [7, 11) is 0. The van der Waals surface area contributed by atoms with Gasteiger partial charge in [0.1, 0.15) is 5.92 Å². The maximum absolute atomic E-state index is 9.68. The van der Waals surface area contributed by atoms with Gasteiger partial charge in [0.05, 0.1) is 23.9 Å². The average molecular weight is 302 g/mol. The minimum Gasteiger partial charge on any atom is -0.305 e. The molecule has 0 saturated heterocycles. The van der Waals surface area contributed by atoms with Crippen LogP contribution in [0.2, 0.25) is 0 Å². The average Bonchev–Trinajstić information content (AvgIpc) is 2.60. The Hall–Kier alpha value is -2.90. The Kier molecular flexibility index (Phi) is 4.95. The molecule has 23 heavy (non-hydrogen) atoms. The van der Waals surface area contributed by atoms with Crippen molar-refractivity contribution in [3.05, 3.63) is 47.5 Å². The predicted molar refractivity (Wildman–Crippen MR) is 87.3 cm³/mol. The van der Waals surface area contributed by atoms with Gasteiger partial charge >= 0.3 is 0 Å². The Labute approximate surface area is 136 Å². The van der Waals surface area contributed by atoms with Crippen LogP contribution < -0.4 is 0 Å². The van der Waals surface area contributed by atoms with E-state index in [1.165, 1.54) is 0 Å². The third-order valence-electron chi connectivity index (χ3n) is 4.43. The number of hydrogen-bond acceptors (Lipinski definition) is 4. The summed E-state index contributed by atoms with van der Waals surface area (Å²) in [5.41, 5.74) is 0.0478. The number of nitriles is 3. The molecule has 1 aliphatic rings. The number of allylic oxidation sites excluding steroid dienone is 2. The Morgan fingerprint density at radius 3 is 2.39 bits per heavy atom. The van der Waals surface area contributed by atoms with Crippen LogP contribution in [0.15, 0.2) is 42.0 Å². The number of nitrogens with zero attached hydrogens (tertiary/aromatic N) is 3. The molecular formula is C19H18N4. The van der Waals surface area contributed by atoms with E-state index in [1.54, 1.807) is 0 Å². The van der Waals surface area contributed by atoms with Gasteiger partial charge in [-0.3, -0.25) is 0 Å². The van der Waals surface area contributed by atoms with Crippen LogP contribution in [0.5, 0.6) is 0 Å². The number of unbranched alkanes of at least 4 members (excludes halogenated alkanes) is 1. The lowest BCUT2D eigenvalue weighted by Gasteiger charge is -2.38. The van der Waals surface area contributed by atoms with Crippen LogP contribution in [0, 0.1) is 50.7 Å². The van der Waals surface area contributed by atoms with Crippen LogP contribution in [-0.4, -0.2) is 5.71 Å². The molecule has 4 heteroatoms. The zero-order valence-electron chi connectivity index (χ0n) is 13.1. The third kappa shape index (κ3) is 2.75. The first-order chi connectivity index (χ1) is 11.1. The molecule has 0 aromatic heterocycles. The lowest BCUT2D eigenvalue weighted by molar-refractivity contribution is 0.471. The molecule has 0 bridgehead atoms. The first-order valence-electron chi connectivity index (χ1n) is 7.69. The van der Waals surface area contributed by atoms with Gasteiger partial charge in [0.25, 0.3) is 0 Å². The molecule has 1 saturated carbocycles. The van der Waals surface area contributed by atoms with E-state index in [0.29, 0.717) is 6.42 Å². The lowest BCUT2D eigenvalue weighted by Crippen LogP contribution is -2.43. The van der Waals surface area contributed by atoms with Crippen molar-refractivity contribution in [2.75, 3.05) is 0 Å². The highest BCUT2D eigenvalue weighted by Gasteiger charge is 2.52. The second-order valence-corrected chi connectivity index (χ2v) is 5.74. The summed E-state index contributed by atoms with van der Waals surface area (Å²) < 4.78 is 0. The van der Waals surface area contributed by atoms with E-state index in [-0.39, 0.29) is 5.71 Å². The summed E-state index contributed by atoms with van der Waals surface area (Å²) in [4.78, 5) is 0. The Bertz CT molecular complexity index is 726. The van der Waals surface area contributed by atoms with Crippen molar-refractivity contribution < 1.29 is 0 Å². The van der Waals surface area contributed by atoms with Gasteiger partial charge in [0, 0.05) is 5.92 Å². The molecule has 0 aliphatic heterocycles. The summed E-state index contributed by atoms with van der Waals surface area (Å²) in [5, 5.41) is 37.2. The molecule has 2 atom stereocenters. The van der Waals surface area contributed by atoms with Crippen molar-refractivity contribution in [3.8, 4) is 18.2 Å². The first-order valence-corrected chi connectivity index (χ1v) is 7.69. The van der Waals surface area contributed by atoms with Crippen molar-refractivity contribution in [2.24, 2.45) is 11.3 Å². The molecule has 0 heterocycles. The van der Waals surface area contributed by atoms with Crippen molar-refractivity contribution in [3.63, 3.8) is 0 Å². The predicted octanol–water partition coefficient (Wildman–Crippen LogP) is 4.09. The molecule has 1 fully saturated rings. The van der Waals surface area contributed by atoms with Crippen molar-refractivity contribution >= 4 is 5.71 Å². The van der Waals surface area contributed by atoms with Crippen LogP contribution in [-0.2, 0) is 0 Å². The Balaban J connectivity index is 2.59. The van der Waals surface area contributed by atoms with Gasteiger partial charge in [0.2, 0.25) is 0 Å². The van der Waals surface area contributed by atoms with Gasteiger partial charge in [-0.15, -0.1) is 0 Å². The maximum Gasteiger partial charge on any atom is 0.189 e. The lowest BCUT2D eigenvalue weighted by atomic mass is 9.59. The second-order valence-electron chi connectivity index (χ2n) is 5.74. The molecule has 2 rings (SSSR count). The van der Waals surface area contributed by atoms with E-state index in [1.807, 2.05) is 48.5 Å². The molecule has 0 spiro atoms. The maximum atomic E-state index is 9.68. The number of hydrogen-bond donors (Lipinski definition) is 1. The Morgan fingerprint density at radius 1 is 1.22 bits per heavy atom. The Morgan fingerprint density at radius 2 is 1.87 bits per heavy atom. The fourth-order valence-electron chi connectivity index (χ4n) is 3.14. The molecule has 1 unspecified atom stereocenters. The molecule has 0 amide bonds. The quantitative estimate of drug-likeness (QED) is 0.851. The zero-order chi connectivity index (χ0) is 16.9. The van der Waals surface area contributed by atoms with Crippen molar-refractivity contribution in [1.82, 2.24) is 0 Å².